The molecular weight excluding hydrogens is 462 g/mol. The van der Waals surface area contributed by atoms with Gasteiger partial charge in [-0.05, 0) is 64.8 Å². The van der Waals surface area contributed by atoms with Gasteiger partial charge in [-0.2, -0.15) is 0 Å². The number of halogens is 3. The second-order valence-electron chi connectivity index (χ2n) is 5.10. The Kier molecular flexibility index (Phi) is 5.93. The van der Waals surface area contributed by atoms with E-state index in [1.54, 1.807) is 20.8 Å². The van der Waals surface area contributed by atoms with Crippen LogP contribution in [-0.2, 0) is 9.84 Å². The van der Waals surface area contributed by atoms with Gasteiger partial charge in [0.1, 0.15) is 0 Å². The lowest BCUT2D eigenvalue weighted by molar-refractivity contribution is 0.560. The van der Waals surface area contributed by atoms with E-state index in [1.807, 2.05) is 12.1 Å². The highest BCUT2D eigenvalue weighted by molar-refractivity contribution is 9.11. The molecule has 1 aromatic rings. The molecule has 0 saturated carbocycles. The molecule has 0 radical (unpaired) electrons. The van der Waals surface area contributed by atoms with E-state index in [-0.39, 0.29) is 5.75 Å². The first-order chi connectivity index (χ1) is 8.54. The Balaban J connectivity index is 2.75. The molecule has 1 N–H and O–H groups in total. The first-order valence-electron chi connectivity index (χ1n) is 5.65. The molecule has 7 heteroatoms. The predicted octanol–water partition coefficient (Wildman–Crippen LogP) is 4.60. The molecule has 0 aliphatic carbocycles. The molecular formula is C12H16Br3NO2S. The van der Waals surface area contributed by atoms with Crippen molar-refractivity contribution in [3.63, 3.8) is 0 Å². The van der Waals surface area contributed by atoms with Crippen LogP contribution in [0.1, 0.15) is 20.8 Å². The largest absolute Gasteiger partial charge is 0.382 e. The molecule has 0 saturated heterocycles. The fourth-order valence-corrected chi connectivity index (χ4v) is 4.85. The van der Waals surface area contributed by atoms with E-state index in [0.29, 0.717) is 6.54 Å². The van der Waals surface area contributed by atoms with Crippen molar-refractivity contribution in [1.82, 2.24) is 0 Å². The van der Waals surface area contributed by atoms with Crippen molar-refractivity contribution in [1.29, 1.82) is 0 Å². The SMILES string of the molecule is CC(C)(C)S(=O)(=O)CCNc1c(Br)cc(Br)cc1Br. The summed E-state index contributed by atoms with van der Waals surface area (Å²) in [5, 5.41) is 3.14. The van der Waals surface area contributed by atoms with Gasteiger partial charge in [-0.1, -0.05) is 15.9 Å². The molecule has 0 fully saturated rings. The summed E-state index contributed by atoms with van der Waals surface area (Å²) in [6, 6.07) is 3.82. The first kappa shape index (κ1) is 17.5. The highest BCUT2D eigenvalue weighted by Gasteiger charge is 2.28. The van der Waals surface area contributed by atoms with E-state index in [9.17, 15) is 8.42 Å². The Morgan fingerprint density at radius 2 is 1.58 bits per heavy atom. The summed E-state index contributed by atoms with van der Waals surface area (Å²) in [6.07, 6.45) is 0. The Morgan fingerprint density at radius 1 is 1.11 bits per heavy atom. The summed E-state index contributed by atoms with van der Waals surface area (Å²) < 4.78 is 26.0. The van der Waals surface area contributed by atoms with Gasteiger partial charge in [0.15, 0.2) is 9.84 Å². The standard InChI is InChI=1S/C12H16Br3NO2S/c1-12(2,3)19(17,18)5-4-16-11-9(14)6-8(13)7-10(11)15/h6-7,16H,4-5H2,1-3H3. The summed E-state index contributed by atoms with van der Waals surface area (Å²) in [5.41, 5.74) is 0.854. The zero-order valence-electron chi connectivity index (χ0n) is 10.9. The molecule has 108 valence electrons. The summed E-state index contributed by atoms with van der Waals surface area (Å²) >= 11 is 10.3. The number of nitrogens with one attached hydrogen (secondary N) is 1. The van der Waals surface area contributed by atoms with Crippen LogP contribution in [0.5, 0.6) is 0 Å². The molecule has 1 rings (SSSR count). The van der Waals surface area contributed by atoms with Gasteiger partial charge in [-0.3, -0.25) is 0 Å². The Bertz CT molecular complexity index is 542. The van der Waals surface area contributed by atoms with Gasteiger partial charge in [0, 0.05) is 20.0 Å². The average molecular weight is 478 g/mol. The lowest BCUT2D eigenvalue weighted by Gasteiger charge is -2.20. The van der Waals surface area contributed by atoms with E-state index < -0.39 is 14.6 Å². The van der Waals surface area contributed by atoms with E-state index in [2.05, 4.69) is 53.1 Å². The van der Waals surface area contributed by atoms with Crippen molar-refractivity contribution in [2.45, 2.75) is 25.5 Å². The average Bonchev–Trinajstić information content (AvgIpc) is 2.20. The minimum absolute atomic E-state index is 0.103. The van der Waals surface area contributed by atoms with Gasteiger partial charge in [0.2, 0.25) is 0 Å². The van der Waals surface area contributed by atoms with E-state index in [0.717, 1.165) is 19.1 Å². The number of hydrogen-bond acceptors (Lipinski definition) is 3. The molecule has 0 atom stereocenters. The maximum atomic E-state index is 12.0. The fourth-order valence-electron chi connectivity index (χ4n) is 1.33. The van der Waals surface area contributed by atoms with E-state index in [4.69, 9.17) is 0 Å². The van der Waals surface area contributed by atoms with Crippen molar-refractivity contribution < 1.29 is 8.42 Å². The predicted molar refractivity (Wildman–Crippen MR) is 91.6 cm³/mol. The summed E-state index contributed by atoms with van der Waals surface area (Å²) in [5.74, 6) is 0.103. The number of benzene rings is 1. The van der Waals surface area contributed by atoms with Gasteiger partial charge in [0.25, 0.3) is 0 Å². The van der Waals surface area contributed by atoms with Gasteiger partial charge >= 0.3 is 0 Å². The third-order valence-electron chi connectivity index (χ3n) is 2.61. The molecule has 0 unspecified atom stereocenters. The highest BCUT2D eigenvalue weighted by Crippen LogP contribution is 2.34. The van der Waals surface area contributed by atoms with Gasteiger partial charge in [-0.25, -0.2) is 8.42 Å². The van der Waals surface area contributed by atoms with Crippen molar-refractivity contribution in [2.24, 2.45) is 0 Å². The van der Waals surface area contributed by atoms with Gasteiger partial charge in [0.05, 0.1) is 16.2 Å². The molecule has 0 spiro atoms. The van der Waals surface area contributed by atoms with Crippen LogP contribution in [0, 0.1) is 0 Å². The third kappa shape index (κ3) is 4.72. The number of rotatable bonds is 4. The van der Waals surface area contributed by atoms with Crippen molar-refractivity contribution in [3.8, 4) is 0 Å². The molecule has 1 aromatic carbocycles. The van der Waals surface area contributed by atoms with E-state index >= 15 is 0 Å². The zero-order valence-corrected chi connectivity index (χ0v) is 16.5. The Hall–Kier alpha value is 0.410. The lowest BCUT2D eigenvalue weighted by Crippen LogP contribution is -2.32. The molecule has 3 nitrogen and oxygen atoms in total. The fraction of sp³-hybridized carbons (Fsp3) is 0.500. The third-order valence-corrected chi connectivity index (χ3v) is 6.93. The lowest BCUT2D eigenvalue weighted by atomic mass is 10.3. The minimum atomic E-state index is -3.10. The van der Waals surface area contributed by atoms with Crippen LogP contribution < -0.4 is 5.32 Å². The smallest absolute Gasteiger partial charge is 0.156 e. The Labute approximate surface area is 139 Å². The van der Waals surface area contributed by atoms with Crippen molar-refractivity contribution in [2.75, 3.05) is 17.6 Å². The molecule has 19 heavy (non-hydrogen) atoms. The quantitative estimate of drug-likeness (QED) is 0.689. The summed E-state index contributed by atoms with van der Waals surface area (Å²) in [7, 11) is -3.10. The van der Waals surface area contributed by atoms with Gasteiger partial charge in [-0.15, -0.1) is 0 Å². The molecule has 0 heterocycles. The normalized spacial score (nSPS) is 12.5. The number of sulfone groups is 1. The molecule has 0 aliphatic rings. The maximum absolute atomic E-state index is 12.0. The van der Waals surface area contributed by atoms with Crippen LogP contribution in [0.25, 0.3) is 0 Å². The van der Waals surface area contributed by atoms with Crippen LogP contribution in [0.3, 0.4) is 0 Å². The molecule has 0 amide bonds. The molecule has 0 bridgehead atoms. The first-order valence-corrected chi connectivity index (χ1v) is 9.68. The Morgan fingerprint density at radius 3 is 2.00 bits per heavy atom. The minimum Gasteiger partial charge on any atom is -0.382 e. The maximum Gasteiger partial charge on any atom is 0.156 e. The number of anilines is 1. The van der Waals surface area contributed by atoms with Crippen molar-refractivity contribution in [3.05, 3.63) is 25.6 Å². The summed E-state index contributed by atoms with van der Waals surface area (Å²) in [4.78, 5) is 0. The van der Waals surface area contributed by atoms with Crippen LogP contribution in [0.15, 0.2) is 25.6 Å². The van der Waals surface area contributed by atoms with Crippen LogP contribution in [0.4, 0.5) is 5.69 Å². The van der Waals surface area contributed by atoms with Crippen LogP contribution in [-0.4, -0.2) is 25.5 Å². The highest BCUT2D eigenvalue weighted by atomic mass is 79.9. The van der Waals surface area contributed by atoms with Crippen LogP contribution in [0.2, 0.25) is 0 Å². The topological polar surface area (TPSA) is 46.2 Å². The van der Waals surface area contributed by atoms with E-state index in [1.165, 1.54) is 0 Å². The summed E-state index contributed by atoms with van der Waals surface area (Å²) in [6.45, 7) is 5.52. The second-order valence-corrected chi connectivity index (χ2v) is 10.6. The van der Waals surface area contributed by atoms with Crippen molar-refractivity contribution >= 4 is 63.3 Å². The molecule has 0 aliphatic heterocycles. The van der Waals surface area contributed by atoms with Crippen LogP contribution >= 0.6 is 47.8 Å². The molecule has 0 aromatic heterocycles. The zero-order chi connectivity index (χ0) is 14.8. The van der Waals surface area contributed by atoms with Gasteiger partial charge < -0.3 is 5.32 Å². The monoisotopic (exact) mass is 475 g/mol. The second kappa shape index (κ2) is 6.45. The number of hydrogen-bond donors (Lipinski definition) is 1.